The quantitative estimate of drug-likeness (QED) is 0.363. The predicted octanol–water partition coefficient (Wildman–Crippen LogP) is 6.90. The molecule has 0 unspecified atom stereocenters. The molecule has 0 fully saturated rings. The molecule has 0 aliphatic heterocycles. The molecule has 0 heterocycles. The zero-order valence-electron chi connectivity index (χ0n) is 17.6. The molecule has 2 heteroatoms. The number of hydrogen-bond acceptors (Lipinski definition) is 2. The van der Waals surface area contributed by atoms with E-state index in [1.807, 2.05) is 24.3 Å². The summed E-state index contributed by atoms with van der Waals surface area (Å²) in [7, 11) is 0. The van der Waals surface area contributed by atoms with Crippen molar-refractivity contribution in [2.45, 2.75) is 25.7 Å². The zero-order chi connectivity index (χ0) is 21.1. The van der Waals surface area contributed by atoms with Crippen molar-refractivity contribution in [1.82, 2.24) is 0 Å². The van der Waals surface area contributed by atoms with E-state index >= 15 is 0 Å². The van der Waals surface area contributed by atoms with E-state index in [2.05, 4.69) is 86.6 Å². The second-order valence-electron chi connectivity index (χ2n) is 8.08. The van der Waals surface area contributed by atoms with Gasteiger partial charge in [0.05, 0.1) is 0 Å². The van der Waals surface area contributed by atoms with Gasteiger partial charge in [-0.1, -0.05) is 86.6 Å². The lowest BCUT2D eigenvalue weighted by molar-refractivity contribution is 0.550. The first-order valence-corrected chi connectivity index (χ1v) is 10.4. The highest BCUT2D eigenvalue weighted by Gasteiger charge is 2.26. The Bertz CT molecular complexity index is 1020. The van der Waals surface area contributed by atoms with E-state index in [1.54, 1.807) is 0 Å². The molecule has 0 atom stereocenters. The molecule has 0 bridgehead atoms. The van der Waals surface area contributed by atoms with Gasteiger partial charge in [0.25, 0.3) is 0 Å². The van der Waals surface area contributed by atoms with E-state index in [0.717, 1.165) is 17.8 Å². The van der Waals surface area contributed by atoms with E-state index < -0.39 is 0 Å². The van der Waals surface area contributed by atoms with Crippen LogP contribution in [-0.4, -0.2) is 0 Å². The minimum Gasteiger partial charge on any atom is -0.399 e. The first kappa shape index (κ1) is 19.8. The van der Waals surface area contributed by atoms with Crippen LogP contribution in [0.15, 0.2) is 97.1 Å². The van der Waals surface area contributed by atoms with Gasteiger partial charge in [-0.3, -0.25) is 0 Å². The summed E-state index contributed by atoms with van der Waals surface area (Å²) in [6, 6.07) is 33.9. The molecule has 150 valence electrons. The summed E-state index contributed by atoms with van der Waals surface area (Å²) in [6.07, 6.45) is 1.02. The Hall–Kier alpha value is -3.52. The van der Waals surface area contributed by atoms with Crippen molar-refractivity contribution < 1.29 is 0 Å². The molecule has 0 aliphatic carbocycles. The summed E-state index contributed by atoms with van der Waals surface area (Å²) in [5.74, 6) is 0. The highest BCUT2D eigenvalue weighted by molar-refractivity contribution is 5.67. The zero-order valence-corrected chi connectivity index (χ0v) is 17.6. The normalized spacial score (nSPS) is 11.4. The summed E-state index contributed by atoms with van der Waals surface area (Å²) < 4.78 is 0. The van der Waals surface area contributed by atoms with Crippen LogP contribution in [-0.2, 0) is 5.41 Å². The monoisotopic (exact) mass is 392 g/mol. The van der Waals surface area contributed by atoms with Gasteiger partial charge < -0.3 is 11.5 Å². The molecule has 30 heavy (non-hydrogen) atoms. The molecule has 4 aromatic carbocycles. The highest BCUT2D eigenvalue weighted by atomic mass is 14.5. The molecular weight excluding hydrogens is 364 g/mol. The Morgan fingerprint density at radius 2 is 0.767 bits per heavy atom. The highest BCUT2D eigenvalue weighted by Crippen LogP contribution is 2.37. The van der Waals surface area contributed by atoms with Crippen LogP contribution in [0.25, 0.3) is 22.3 Å². The van der Waals surface area contributed by atoms with Crippen LogP contribution in [0.2, 0.25) is 0 Å². The topological polar surface area (TPSA) is 52.0 Å². The number of nitrogens with two attached hydrogens (primary N) is 2. The van der Waals surface area contributed by atoms with E-state index in [1.165, 1.54) is 33.4 Å². The molecule has 0 aromatic heterocycles. The van der Waals surface area contributed by atoms with E-state index in [4.69, 9.17) is 11.5 Å². The van der Waals surface area contributed by atoms with Gasteiger partial charge in [-0.2, -0.15) is 0 Å². The van der Waals surface area contributed by atoms with Gasteiger partial charge in [0.15, 0.2) is 0 Å². The number of hydrogen-bond donors (Lipinski definition) is 2. The molecule has 0 amide bonds. The molecule has 4 rings (SSSR count). The van der Waals surface area contributed by atoms with Crippen molar-refractivity contribution in [3.8, 4) is 22.3 Å². The molecule has 0 aliphatic rings. The van der Waals surface area contributed by atoms with Crippen LogP contribution in [0.4, 0.5) is 11.4 Å². The third-order valence-electron chi connectivity index (χ3n) is 6.24. The Morgan fingerprint density at radius 3 is 1.03 bits per heavy atom. The molecule has 0 saturated carbocycles. The maximum Gasteiger partial charge on any atom is 0.0314 e. The molecule has 0 spiro atoms. The van der Waals surface area contributed by atoms with Crippen LogP contribution < -0.4 is 11.5 Å². The van der Waals surface area contributed by atoms with Gasteiger partial charge in [0.1, 0.15) is 0 Å². The summed E-state index contributed by atoms with van der Waals surface area (Å²) >= 11 is 0. The van der Waals surface area contributed by atoms with Crippen molar-refractivity contribution in [3.63, 3.8) is 0 Å². The lowest BCUT2D eigenvalue weighted by atomic mass is 9.74. The third-order valence-corrected chi connectivity index (χ3v) is 6.24. The fourth-order valence-electron chi connectivity index (χ4n) is 3.99. The molecule has 4 N–H and O–H groups in total. The molecular formula is C28H28N2. The predicted molar refractivity (Wildman–Crippen MR) is 129 cm³/mol. The lowest BCUT2D eigenvalue weighted by Crippen LogP contribution is -2.22. The largest absolute Gasteiger partial charge is 0.399 e. The standard InChI is InChI=1S/C28H28N2/c1-3-28(2,24-12-4-20(5-13-24)22-8-16-26(29)17-9-22)25-14-6-21(7-15-25)23-10-18-27(30)19-11-23/h4-19H,3,29-30H2,1-2H3. The minimum atomic E-state index is -0.0424. The maximum absolute atomic E-state index is 5.82. The molecule has 2 nitrogen and oxygen atoms in total. The van der Waals surface area contributed by atoms with Gasteiger partial charge >= 0.3 is 0 Å². The SMILES string of the molecule is CCC(C)(c1ccc(-c2ccc(N)cc2)cc1)c1ccc(-c2ccc(N)cc2)cc1. The van der Waals surface area contributed by atoms with Crippen LogP contribution >= 0.6 is 0 Å². The summed E-state index contributed by atoms with van der Waals surface area (Å²) in [6.45, 7) is 4.57. The van der Waals surface area contributed by atoms with Crippen LogP contribution in [0.5, 0.6) is 0 Å². The average molecular weight is 393 g/mol. The molecule has 0 saturated heterocycles. The minimum absolute atomic E-state index is 0.0424. The third kappa shape index (κ3) is 3.81. The Balaban J connectivity index is 1.62. The smallest absolute Gasteiger partial charge is 0.0314 e. The van der Waals surface area contributed by atoms with Gasteiger partial charge in [0, 0.05) is 16.8 Å². The second-order valence-corrected chi connectivity index (χ2v) is 8.08. The average Bonchev–Trinajstić information content (AvgIpc) is 2.80. The number of rotatable bonds is 5. The maximum atomic E-state index is 5.82. The lowest BCUT2D eigenvalue weighted by Gasteiger charge is -2.30. The number of anilines is 2. The summed E-state index contributed by atoms with van der Waals surface area (Å²) in [5.41, 5.74) is 20.6. The van der Waals surface area contributed by atoms with E-state index in [-0.39, 0.29) is 5.41 Å². The van der Waals surface area contributed by atoms with E-state index in [0.29, 0.717) is 0 Å². The Morgan fingerprint density at radius 1 is 0.500 bits per heavy atom. The van der Waals surface area contributed by atoms with Crippen LogP contribution in [0.3, 0.4) is 0 Å². The number of nitrogen functional groups attached to an aromatic ring is 2. The molecule has 0 radical (unpaired) electrons. The Labute approximate surface area is 179 Å². The van der Waals surface area contributed by atoms with Crippen LogP contribution in [0.1, 0.15) is 31.4 Å². The van der Waals surface area contributed by atoms with Crippen LogP contribution in [0, 0.1) is 0 Å². The number of benzene rings is 4. The van der Waals surface area contributed by atoms with Gasteiger partial charge in [-0.05, 0) is 64.1 Å². The van der Waals surface area contributed by atoms with Crippen molar-refractivity contribution in [2.75, 3.05) is 11.5 Å². The van der Waals surface area contributed by atoms with Gasteiger partial charge in [-0.25, -0.2) is 0 Å². The van der Waals surface area contributed by atoms with Crippen molar-refractivity contribution in [3.05, 3.63) is 108 Å². The Kier molecular flexibility index (Phi) is 5.33. The van der Waals surface area contributed by atoms with Crippen molar-refractivity contribution >= 4 is 11.4 Å². The fourth-order valence-corrected chi connectivity index (χ4v) is 3.99. The van der Waals surface area contributed by atoms with Crippen molar-refractivity contribution in [1.29, 1.82) is 0 Å². The summed E-state index contributed by atoms with van der Waals surface area (Å²) in [5, 5.41) is 0. The van der Waals surface area contributed by atoms with Gasteiger partial charge in [-0.15, -0.1) is 0 Å². The first-order valence-electron chi connectivity index (χ1n) is 10.4. The fraction of sp³-hybridized carbons (Fsp3) is 0.143. The summed E-state index contributed by atoms with van der Waals surface area (Å²) in [4.78, 5) is 0. The van der Waals surface area contributed by atoms with Crippen molar-refractivity contribution in [2.24, 2.45) is 0 Å². The molecule has 4 aromatic rings. The van der Waals surface area contributed by atoms with Gasteiger partial charge in [0.2, 0.25) is 0 Å². The van der Waals surface area contributed by atoms with E-state index in [9.17, 15) is 0 Å². The first-order chi connectivity index (χ1) is 14.5. The second kappa shape index (κ2) is 8.08.